The first kappa shape index (κ1) is 17.7. The Kier molecular flexibility index (Phi) is 4.47. The SMILES string of the molecule is Cc1ccc(S(=O)(=O)NCC(C)(C)c2c(C)[nH]c3ccccc23)cc1. The summed E-state index contributed by atoms with van der Waals surface area (Å²) in [5, 5.41) is 1.14. The van der Waals surface area contributed by atoms with Crippen molar-refractivity contribution < 1.29 is 8.42 Å². The van der Waals surface area contributed by atoms with Crippen LogP contribution >= 0.6 is 0 Å². The van der Waals surface area contributed by atoms with Crippen molar-refractivity contribution in [2.24, 2.45) is 0 Å². The molecule has 0 bridgehead atoms. The van der Waals surface area contributed by atoms with E-state index in [1.807, 2.05) is 44.2 Å². The molecule has 3 rings (SSSR count). The number of aromatic nitrogens is 1. The van der Waals surface area contributed by atoms with E-state index in [4.69, 9.17) is 0 Å². The molecule has 4 nitrogen and oxygen atoms in total. The Morgan fingerprint density at radius 3 is 2.32 bits per heavy atom. The smallest absolute Gasteiger partial charge is 0.240 e. The van der Waals surface area contributed by atoms with Crippen LogP contribution in [0.3, 0.4) is 0 Å². The molecule has 2 aromatic carbocycles. The van der Waals surface area contributed by atoms with Crippen molar-refractivity contribution in [2.75, 3.05) is 6.54 Å². The van der Waals surface area contributed by atoms with E-state index in [-0.39, 0.29) is 5.41 Å². The topological polar surface area (TPSA) is 62.0 Å². The first-order valence-corrected chi connectivity index (χ1v) is 9.83. The third-order valence-corrected chi connectivity index (χ3v) is 6.02. The molecule has 0 atom stereocenters. The summed E-state index contributed by atoms with van der Waals surface area (Å²) in [4.78, 5) is 3.69. The number of hydrogen-bond donors (Lipinski definition) is 2. The number of benzene rings is 2. The lowest BCUT2D eigenvalue weighted by molar-refractivity contribution is 0.502. The number of aromatic amines is 1. The maximum Gasteiger partial charge on any atom is 0.240 e. The Bertz CT molecular complexity index is 1000. The Morgan fingerprint density at radius 1 is 1.00 bits per heavy atom. The summed E-state index contributed by atoms with van der Waals surface area (Å²) >= 11 is 0. The van der Waals surface area contributed by atoms with Crippen LogP contribution < -0.4 is 4.72 Å². The molecular formula is C20H24N2O2S. The van der Waals surface area contributed by atoms with Gasteiger partial charge in [-0.3, -0.25) is 0 Å². The average molecular weight is 356 g/mol. The fourth-order valence-electron chi connectivity index (χ4n) is 3.31. The minimum absolute atomic E-state index is 0.296. The van der Waals surface area contributed by atoms with E-state index < -0.39 is 10.0 Å². The number of hydrogen-bond acceptors (Lipinski definition) is 2. The third kappa shape index (κ3) is 3.48. The van der Waals surface area contributed by atoms with Gasteiger partial charge in [0.25, 0.3) is 0 Å². The van der Waals surface area contributed by atoms with E-state index in [9.17, 15) is 8.42 Å². The molecule has 0 amide bonds. The van der Waals surface area contributed by atoms with E-state index in [0.29, 0.717) is 11.4 Å². The summed E-state index contributed by atoms with van der Waals surface area (Å²) in [5.41, 5.74) is 3.98. The molecule has 2 N–H and O–H groups in total. The molecule has 0 aliphatic heterocycles. The molecule has 1 heterocycles. The van der Waals surface area contributed by atoms with Crippen LogP contribution in [0.25, 0.3) is 10.9 Å². The zero-order chi connectivity index (χ0) is 18.2. The van der Waals surface area contributed by atoms with E-state index in [2.05, 4.69) is 29.6 Å². The molecule has 1 aromatic heterocycles. The highest BCUT2D eigenvalue weighted by molar-refractivity contribution is 7.89. The van der Waals surface area contributed by atoms with Crippen molar-refractivity contribution in [3.05, 3.63) is 65.4 Å². The summed E-state index contributed by atoms with van der Waals surface area (Å²) in [5.74, 6) is 0. The highest BCUT2D eigenvalue weighted by Gasteiger charge is 2.28. The predicted molar refractivity (Wildman–Crippen MR) is 102 cm³/mol. The fraction of sp³-hybridized carbons (Fsp3) is 0.300. The van der Waals surface area contributed by atoms with Crippen molar-refractivity contribution in [3.63, 3.8) is 0 Å². The van der Waals surface area contributed by atoms with Gasteiger partial charge in [-0.15, -0.1) is 0 Å². The van der Waals surface area contributed by atoms with Gasteiger partial charge in [0, 0.05) is 28.6 Å². The lowest BCUT2D eigenvalue weighted by Gasteiger charge is -2.26. The third-order valence-electron chi connectivity index (χ3n) is 4.61. The van der Waals surface area contributed by atoms with Crippen molar-refractivity contribution in [1.29, 1.82) is 0 Å². The van der Waals surface area contributed by atoms with Crippen LogP contribution in [-0.4, -0.2) is 19.9 Å². The average Bonchev–Trinajstić information content (AvgIpc) is 2.90. The molecule has 132 valence electrons. The summed E-state index contributed by atoms with van der Waals surface area (Å²) in [7, 11) is -3.53. The fourth-order valence-corrected chi connectivity index (χ4v) is 4.53. The van der Waals surface area contributed by atoms with E-state index in [0.717, 1.165) is 27.7 Å². The normalized spacial score (nSPS) is 12.6. The van der Waals surface area contributed by atoms with Crippen molar-refractivity contribution in [2.45, 2.75) is 38.0 Å². The molecule has 5 heteroatoms. The van der Waals surface area contributed by atoms with Crippen LogP contribution in [-0.2, 0) is 15.4 Å². The highest BCUT2D eigenvalue weighted by atomic mass is 32.2. The first-order valence-electron chi connectivity index (χ1n) is 8.35. The zero-order valence-corrected chi connectivity index (χ0v) is 15.9. The lowest BCUT2D eigenvalue weighted by Crippen LogP contribution is -2.37. The molecule has 0 radical (unpaired) electrons. The number of nitrogens with one attached hydrogen (secondary N) is 2. The summed E-state index contributed by atoms with van der Waals surface area (Å²) in [6, 6.07) is 15.0. The maximum atomic E-state index is 12.6. The number of aryl methyl sites for hydroxylation is 2. The predicted octanol–water partition coefficient (Wildman–Crippen LogP) is 4.04. The summed E-state index contributed by atoms with van der Waals surface area (Å²) in [6.07, 6.45) is 0. The molecule has 0 spiro atoms. The molecule has 25 heavy (non-hydrogen) atoms. The highest BCUT2D eigenvalue weighted by Crippen LogP contribution is 2.33. The van der Waals surface area contributed by atoms with Gasteiger partial charge in [-0.25, -0.2) is 13.1 Å². The minimum atomic E-state index is -3.53. The minimum Gasteiger partial charge on any atom is -0.358 e. The van der Waals surface area contributed by atoms with Gasteiger partial charge in [0.05, 0.1) is 4.90 Å². The maximum absolute atomic E-state index is 12.6. The Balaban J connectivity index is 1.88. The number of fused-ring (bicyclic) bond motifs is 1. The van der Waals surface area contributed by atoms with Gasteiger partial charge in [0.15, 0.2) is 0 Å². The second kappa shape index (κ2) is 6.32. The number of para-hydroxylation sites is 1. The van der Waals surface area contributed by atoms with Crippen LogP contribution in [0.2, 0.25) is 0 Å². The van der Waals surface area contributed by atoms with Gasteiger partial charge in [-0.2, -0.15) is 0 Å². The van der Waals surface area contributed by atoms with Crippen molar-refractivity contribution in [1.82, 2.24) is 9.71 Å². The molecule has 0 aliphatic rings. The molecule has 0 saturated heterocycles. The number of rotatable bonds is 5. The Labute approximate surface area is 149 Å². The van der Waals surface area contributed by atoms with Crippen LogP contribution in [0, 0.1) is 13.8 Å². The first-order chi connectivity index (χ1) is 11.7. The number of sulfonamides is 1. The molecule has 0 fully saturated rings. The van der Waals surface area contributed by atoms with Gasteiger partial charge in [-0.1, -0.05) is 49.7 Å². The van der Waals surface area contributed by atoms with Gasteiger partial charge in [0.1, 0.15) is 0 Å². The van der Waals surface area contributed by atoms with E-state index in [1.54, 1.807) is 12.1 Å². The van der Waals surface area contributed by atoms with Gasteiger partial charge >= 0.3 is 0 Å². The second-order valence-electron chi connectivity index (χ2n) is 7.19. The Hall–Kier alpha value is -2.11. The van der Waals surface area contributed by atoms with Crippen LogP contribution in [0.1, 0.15) is 30.7 Å². The van der Waals surface area contributed by atoms with Crippen LogP contribution in [0.4, 0.5) is 0 Å². The Morgan fingerprint density at radius 2 is 1.64 bits per heavy atom. The van der Waals surface area contributed by atoms with Gasteiger partial charge < -0.3 is 4.98 Å². The van der Waals surface area contributed by atoms with Crippen molar-refractivity contribution in [3.8, 4) is 0 Å². The largest absolute Gasteiger partial charge is 0.358 e. The monoisotopic (exact) mass is 356 g/mol. The van der Waals surface area contributed by atoms with Crippen LogP contribution in [0.15, 0.2) is 53.4 Å². The quantitative estimate of drug-likeness (QED) is 0.725. The second-order valence-corrected chi connectivity index (χ2v) is 8.96. The molecule has 0 unspecified atom stereocenters. The molecule has 0 aliphatic carbocycles. The standard InChI is InChI=1S/C20H24N2O2S/c1-14-9-11-16(12-10-14)25(23,24)21-13-20(3,4)19-15(2)22-18-8-6-5-7-17(18)19/h5-12,21-22H,13H2,1-4H3. The van der Waals surface area contributed by atoms with Gasteiger partial charge in [-0.05, 0) is 37.6 Å². The lowest BCUT2D eigenvalue weighted by atomic mass is 9.83. The summed E-state index contributed by atoms with van der Waals surface area (Å²) < 4.78 is 28.0. The van der Waals surface area contributed by atoms with Crippen molar-refractivity contribution >= 4 is 20.9 Å². The molecular weight excluding hydrogens is 332 g/mol. The van der Waals surface area contributed by atoms with Crippen LogP contribution in [0.5, 0.6) is 0 Å². The van der Waals surface area contributed by atoms with E-state index in [1.165, 1.54) is 0 Å². The summed E-state index contributed by atoms with van der Waals surface area (Å²) in [6.45, 7) is 8.42. The molecule has 3 aromatic rings. The molecule has 0 saturated carbocycles. The zero-order valence-electron chi connectivity index (χ0n) is 15.1. The van der Waals surface area contributed by atoms with E-state index >= 15 is 0 Å². The number of H-pyrrole nitrogens is 1. The van der Waals surface area contributed by atoms with Gasteiger partial charge in [0.2, 0.25) is 10.0 Å².